The third kappa shape index (κ3) is 4.90. The number of hydrogen-bond donors (Lipinski definition) is 1. The van der Waals surface area contributed by atoms with E-state index in [0.717, 1.165) is 7.05 Å². The lowest BCUT2D eigenvalue weighted by molar-refractivity contribution is -0.138. The molecule has 0 spiro atoms. The number of aliphatic hydroxyl groups excluding tert-OH is 1. The second-order valence-corrected chi connectivity index (χ2v) is 3.97. The Hall–Kier alpha value is -2.07. The number of aromatic nitrogens is 1. The quantitative estimate of drug-likeness (QED) is 0.856. The largest absolute Gasteiger partial charge is 0.406 e. The number of carbonyl (C=O) groups is 1. The third-order valence-corrected chi connectivity index (χ3v) is 2.27. The number of alkyl halides is 3. The second-order valence-electron chi connectivity index (χ2n) is 3.97. The fraction of sp³-hybridized carbons (Fsp3) is 0.385. The van der Waals surface area contributed by atoms with Crippen LogP contribution >= 0.6 is 0 Å². The van der Waals surface area contributed by atoms with E-state index in [9.17, 15) is 18.0 Å². The average molecular weight is 286 g/mol. The number of nitrogens with zero attached hydrogens (tertiary/aromatic N) is 2. The van der Waals surface area contributed by atoms with Gasteiger partial charge in [-0.2, -0.15) is 13.2 Å². The minimum absolute atomic E-state index is 0.0530. The van der Waals surface area contributed by atoms with Crippen LogP contribution in [0.3, 0.4) is 0 Å². The van der Waals surface area contributed by atoms with E-state index >= 15 is 0 Å². The summed E-state index contributed by atoms with van der Waals surface area (Å²) in [5.41, 5.74) is 0.289. The van der Waals surface area contributed by atoms with Gasteiger partial charge >= 0.3 is 6.18 Å². The van der Waals surface area contributed by atoms with Gasteiger partial charge in [0, 0.05) is 25.9 Å². The normalized spacial score (nSPS) is 10.7. The first-order valence-electron chi connectivity index (χ1n) is 5.71. The molecule has 0 radical (unpaired) electrons. The van der Waals surface area contributed by atoms with Gasteiger partial charge in [0.15, 0.2) is 0 Å². The monoisotopic (exact) mass is 286 g/mol. The molecule has 0 unspecified atom stereocenters. The van der Waals surface area contributed by atoms with Crippen molar-refractivity contribution in [3.05, 3.63) is 29.6 Å². The van der Waals surface area contributed by atoms with Crippen molar-refractivity contribution >= 4 is 5.91 Å². The minimum atomic E-state index is -4.46. The highest BCUT2D eigenvalue weighted by molar-refractivity contribution is 5.96. The maximum absolute atomic E-state index is 12.3. The van der Waals surface area contributed by atoms with Crippen molar-refractivity contribution in [2.45, 2.75) is 12.6 Å². The molecule has 1 heterocycles. The Morgan fingerprint density at radius 1 is 1.50 bits per heavy atom. The zero-order chi connectivity index (χ0) is 15.2. The molecule has 0 atom stereocenters. The molecular formula is C13H13F3N2O2. The number of amides is 1. The molecule has 0 aliphatic carbocycles. The van der Waals surface area contributed by atoms with Gasteiger partial charge in [-0.25, -0.2) is 0 Å². The van der Waals surface area contributed by atoms with E-state index in [-0.39, 0.29) is 24.2 Å². The molecule has 0 saturated heterocycles. The first-order chi connectivity index (χ1) is 9.35. The van der Waals surface area contributed by atoms with Crippen molar-refractivity contribution in [2.75, 3.05) is 20.2 Å². The van der Waals surface area contributed by atoms with Gasteiger partial charge in [0.05, 0.1) is 17.7 Å². The Balaban J connectivity index is 2.96. The van der Waals surface area contributed by atoms with Crippen LogP contribution in [0, 0.1) is 11.8 Å². The van der Waals surface area contributed by atoms with Crippen LogP contribution in [0.4, 0.5) is 13.2 Å². The summed E-state index contributed by atoms with van der Waals surface area (Å²) in [5.74, 6) is 4.43. The highest BCUT2D eigenvalue weighted by Gasteiger charge is 2.31. The first-order valence-corrected chi connectivity index (χ1v) is 5.71. The maximum Gasteiger partial charge on any atom is 0.406 e. The van der Waals surface area contributed by atoms with E-state index in [2.05, 4.69) is 16.8 Å². The van der Waals surface area contributed by atoms with Crippen LogP contribution in [-0.2, 0) is 0 Å². The highest BCUT2D eigenvalue weighted by atomic mass is 19.4. The summed E-state index contributed by atoms with van der Waals surface area (Å²) >= 11 is 0. The van der Waals surface area contributed by atoms with Crippen LogP contribution in [0.15, 0.2) is 18.5 Å². The fourth-order valence-corrected chi connectivity index (χ4v) is 1.44. The molecule has 0 aromatic carbocycles. The number of hydrogen-bond acceptors (Lipinski definition) is 3. The van der Waals surface area contributed by atoms with Gasteiger partial charge in [0.1, 0.15) is 6.54 Å². The van der Waals surface area contributed by atoms with Crippen LogP contribution < -0.4 is 0 Å². The third-order valence-electron chi connectivity index (χ3n) is 2.27. The summed E-state index contributed by atoms with van der Waals surface area (Å²) in [4.78, 5) is 16.3. The smallest absolute Gasteiger partial charge is 0.395 e. The lowest BCUT2D eigenvalue weighted by Crippen LogP contribution is -2.36. The Labute approximate surface area is 114 Å². The van der Waals surface area contributed by atoms with Gasteiger partial charge in [0.2, 0.25) is 0 Å². The predicted octanol–water partition coefficient (Wildman–Crippen LogP) is 1.45. The Kier molecular flexibility index (Phi) is 5.53. The molecule has 0 aliphatic rings. The number of pyridine rings is 1. The van der Waals surface area contributed by atoms with Crippen molar-refractivity contribution in [3.63, 3.8) is 0 Å². The fourth-order valence-electron chi connectivity index (χ4n) is 1.44. The molecule has 108 valence electrons. The highest BCUT2D eigenvalue weighted by Crippen LogP contribution is 2.17. The van der Waals surface area contributed by atoms with Crippen molar-refractivity contribution in [1.82, 2.24) is 9.88 Å². The lowest BCUT2D eigenvalue weighted by atomic mass is 10.1. The summed E-state index contributed by atoms with van der Waals surface area (Å²) in [6, 6.07) is 1.32. The summed E-state index contributed by atoms with van der Waals surface area (Å²) in [5, 5.41) is 8.62. The van der Waals surface area contributed by atoms with Gasteiger partial charge in [-0.3, -0.25) is 9.78 Å². The lowest BCUT2D eigenvalue weighted by Gasteiger charge is -2.19. The van der Waals surface area contributed by atoms with Crippen LogP contribution in [-0.4, -0.2) is 47.3 Å². The van der Waals surface area contributed by atoms with E-state index in [1.807, 2.05) is 0 Å². The minimum Gasteiger partial charge on any atom is -0.395 e. The number of aliphatic hydroxyl groups is 1. The predicted molar refractivity (Wildman–Crippen MR) is 65.8 cm³/mol. The molecule has 20 heavy (non-hydrogen) atoms. The van der Waals surface area contributed by atoms with Gasteiger partial charge in [-0.1, -0.05) is 11.8 Å². The Bertz CT molecular complexity index is 532. The van der Waals surface area contributed by atoms with Crippen molar-refractivity contribution < 1.29 is 23.1 Å². The summed E-state index contributed by atoms with van der Waals surface area (Å²) in [7, 11) is 1.07. The number of rotatable bonds is 3. The zero-order valence-corrected chi connectivity index (χ0v) is 10.7. The van der Waals surface area contributed by atoms with Gasteiger partial charge < -0.3 is 10.0 Å². The summed E-state index contributed by atoms with van der Waals surface area (Å²) in [6.45, 7) is -1.47. The molecule has 0 aliphatic heterocycles. The summed E-state index contributed by atoms with van der Waals surface area (Å²) < 4.78 is 36.8. The molecule has 1 N–H and O–H groups in total. The van der Waals surface area contributed by atoms with Crippen LogP contribution in [0.1, 0.15) is 22.3 Å². The second kappa shape index (κ2) is 6.91. The van der Waals surface area contributed by atoms with E-state index in [1.54, 1.807) is 0 Å². The molecule has 1 amide bonds. The van der Waals surface area contributed by atoms with Crippen molar-refractivity contribution in [3.8, 4) is 11.8 Å². The van der Waals surface area contributed by atoms with E-state index in [1.165, 1.54) is 18.5 Å². The molecule has 1 aromatic rings. The van der Waals surface area contributed by atoms with Gasteiger partial charge in [0.25, 0.3) is 5.91 Å². The van der Waals surface area contributed by atoms with Crippen molar-refractivity contribution in [2.24, 2.45) is 0 Å². The van der Waals surface area contributed by atoms with E-state index in [0.29, 0.717) is 4.90 Å². The van der Waals surface area contributed by atoms with E-state index in [4.69, 9.17) is 5.11 Å². The molecular weight excluding hydrogens is 273 g/mol. The maximum atomic E-state index is 12.3. The van der Waals surface area contributed by atoms with Crippen LogP contribution in [0.2, 0.25) is 0 Å². The topological polar surface area (TPSA) is 53.4 Å². The first kappa shape index (κ1) is 16.0. The molecule has 4 nitrogen and oxygen atoms in total. The van der Waals surface area contributed by atoms with Crippen LogP contribution in [0.5, 0.6) is 0 Å². The standard InChI is InChI=1S/C13H13F3N2O2/c1-18(9-13(14,15)16)12(20)11-5-6-17-8-10(11)4-2-3-7-19/h5-6,8,19H,3,7,9H2,1H3. The molecule has 1 rings (SSSR count). The molecule has 0 fully saturated rings. The van der Waals surface area contributed by atoms with Gasteiger partial charge in [-0.05, 0) is 6.07 Å². The van der Waals surface area contributed by atoms with Crippen LogP contribution in [0.25, 0.3) is 0 Å². The number of halogens is 3. The number of carbonyl (C=O) groups excluding carboxylic acids is 1. The zero-order valence-electron chi connectivity index (χ0n) is 10.7. The molecule has 7 heteroatoms. The molecule has 0 saturated carbocycles. The SMILES string of the molecule is CN(CC(F)(F)F)C(=O)c1ccncc1C#CCCO. The molecule has 1 aromatic heterocycles. The summed E-state index contributed by atoms with van der Waals surface area (Å²) in [6.07, 6.45) is -1.63. The Morgan fingerprint density at radius 3 is 2.80 bits per heavy atom. The molecule has 0 bridgehead atoms. The van der Waals surface area contributed by atoms with Crippen molar-refractivity contribution in [1.29, 1.82) is 0 Å². The average Bonchev–Trinajstić information content (AvgIpc) is 2.37. The van der Waals surface area contributed by atoms with E-state index < -0.39 is 18.6 Å². The van der Waals surface area contributed by atoms with Gasteiger partial charge in [-0.15, -0.1) is 0 Å². The Morgan fingerprint density at radius 2 is 2.20 bits per heavy atom.